The van der Waals surface area contributed by atoms with Crippen molar-refractivity contribution >= 4 is 17.5 Å². The molecule has 1 fully saturated rings. The summed E-state index contributed by atoms with van der Waals surface area (Å²) in [5.74, 6) is -0.649. The molecule has 4 nitrogen and oxygen atoms in total. The predicted molar refractivity (Wildman–Crippen MR) is 92.1 cm³/mol. The summed E-state index contributed by atoms with van der Waals surface area (Å²) in [6.07, 6.45) is -4.41. The Balaban J connectivity index is 1.66. The van der Waals surface area contributed by atoms with Crippen LogP contribution in [-0.4, -0.2) is 12.5 Å². The average Bonchev–Trinajstić information content (AvgIpc) is 3.09. The first kappa shape index (κ1) is 18.7. The first-order valence-electron chi connectivity index (χ1n) is 8.02. The summed E-state index contributed by atoms with van der Waals surface area (Å²) in [4.78, 5) is 12.5. The number of carbonyl (C=O) groups excluding carboxylic acids is 1. The number of rotatable bonds is 4. The number of hydrazine groups is 1. The van der Waals surface area contributed by atoms with Gasteiger partial charge in [0.15, 0.2) is 0 Å². The van der Waals surface area contributed by atoms with E-state index in [0.717, 1.165) is 17.7 Å². The molecule has 1 amide bonds. The van der Waals surface area contributed by atoms with E-state index in [9.17, 15) is 18.0 Å². The van der Waals surface area contributed by atoms with Gasteiger partial charge in [-0.15, -0.1) is 0 Å². The Bertz CT molecular complexity index is 797. The van der Waals surface area contributed by atoms with Gasteiger partial charge in [-0.1, -0.05) is 35.9 Å². The molecule has 2 aromatic rings. The second-order valence-corrected chi connectivity index (χ2v) is 6.52. The molecule has 0 spiro atoms. The highest BCUT2D eigenvalue weighted by Crippen LogP contribution is 2.30. The van der Waals surface area contributed by atoms with E-state index in [-0.39, 0.29) is 18.5 Å². The Morgan fingerprint density at radius 2 is 1.96 bits per heavy atom. The van der Waals surface area contributed by atoms with Crippen molar-refractivity contribution in [1.82, 2.24) is 16.2 Å². The highest BCUT2D eigenvalue weighted by molar-refractivity contribution is 6.30. The number of amides is 1. The zero-order valence-electron chi connectivity index (χ0n) is 13.6. The van der Waals surface area contributed by atoms with Crippen LogP contribution in [0.2, 0.25) is 5.02 Å². The summed E-state index contributed by atoms with van der Waals surface area (Å²) in [7, 11) is 0. The number of hydrogen-bond acceptors (Lipinski definition) is 3. The van der Waals surface area contributed by atoms with Crippen LogP contribution >= 0.6 is 11.6 Å². The standard InChI is InChI=1S/C18H17ClF3N3O/c19-14-6-2-4-12(8-14)16-15(10-24-25-16)17(26)23-9-11-3-1-5-13(7-11)18(20,21)22/h1-8,15-16,24-25H,9-10H2,(H,23,26). The van der Waals surface area contributed by atoms with Gasteiger partial charge < -0.3 is 5.32 Å². The summed E-state index contributed by atoms with van der Waals surface area (Å²) in [5.41, 5.74) is 6.51. The Hall–Kier alpha value is -2.09. The number of hydrogen-bond donors (Lipinski definition) is 3. The largest absolute Gasteiger partial charge is 0.416 e. The van der Waals surface area contributed by atoms with E-state index in [1.165, 1.54) is 6.07 Å². The Morgan fingerprint density at radius 1 is 1.19 bits per heavy atom. The molecule has 138 valence electrons. The minimum absolute atomic E-state index is 0.0293. The fourth-order valence-electron chi connectivity index (χ4n) is 2.93. The van der Waals surface area contributed by atoms with E-state index in [1.54, 1.807) is 24.3 Å². The van der Waals surface area contributed by atoms with Crippen LogP contribution in [0, 0.1) is 5.92 Å². The van der Waals surface area contributed by atoms with E-state index in [0.29, 0.717) is 17.1 Å². The number of benzene rings is 2. The summed E-state index contributed by atoms with van der Waals surface area (Å²) in [6, 6.07) is 11.8. The topological polar surface area (TPSA) is 53.2 Å². The summed E-state index contributed by atoms with van der Waals surface area (Å²) < 4.78 is 38.3. The predicted octanol–water partition coefficient (Wildman–Crippen LogP) is 3.44. The van der Waals surface area contributed by atoms with Gasteiger partial charge in [0, 0.05) is 18.1 Å². The molecular weight excluding hydrogens is 367 g/mol. The van der Waals surface area contributed by atoms with Gasteiger partial charge >= 0.3 is 6.18 Å². The van der Waals surface area contributed by atoms with Crippen molar-refractivity contribution in [3.05, 3.63) is 70.2 Å². The van der Waals surface area contributed by atoms with Gasteiger partial charge in [-0.25, -0.2) is 5.43 Å². The van der Waals surface area contributed by atoms with Crippen molar-refractivity contribution in [3.63, 3.8) is 0 Å². The number of carbonyl (C=O) groups is 1. The highest BCUT2D eigenvalue weighted by Gasteiger charge is 2.34. The summed E-state index contributed by atoms with van der Waals surface area (Å²) in [5, 5.41) is 3.28. The van der Waals surface area contributed by atoms with Gasteiger partial charge in [-0.3, -0.25) is 10.2 Å². The van der Waals surface area contributed by atoms with Crippen molar-refractivity contribution in [3.8, 4) is 0 Å². The highest BCUT2D eigenvalue weighted by atomic mass is 35.5. The van der Waals surface area contributed by atoms with Crippen LogP contribution in [0.25, 0.3) is 0 Å². The first-order chi connectivity index (χ1) is 12.3. The van der Waals surface area contributed by atoms with Crippen molar-refractivity contribution in [2.75, 3.05) is 6.54 Å². The van der Waals surface area contributed by atoms with E-state index >= 15 is 0 Å². The van der Waals surface area contributed by atoms with Crippen molar-refractivity contribution < 1.29 is 18.0 Å². The lowest BCUT2D eigenvalue weighted by Gasteiger charge is -2.19. The molecule has 2 atom stereocenters. The van der Waals surface area contributed by atoms with Gasteiger partial charge in [-0.05, 0) is 35.4 Å². The van der Waals surface area contributed by atoms with Gasteiger partial charge in [0.2, 0.25) is 5.91 Å². The van der Waals surface area contributed by atoms with Crippen molar-refractivity contribution in [1.29, 1.82) is 0 Å². The van der Waals surface area contributed by atoms with Crippen LogP contribution in [0.5, 0.6) is 0 Å². The molecule has 26 heavy (non-hydrogen) atoms. The third-order valence-corrected chi connectivity index (χ3v) is 4.48. The van der Waals surface area contributed by atoms with Gasteiger partial charge in [-0.2, -0.15) is 13.2 Å². The number of nitrogens with one attached hydrogen (secondary N) is 3. The third kappa shape index (κ3) is 4.35. The lowest BCUT2D eigenvalue weighted by molar-refractivity contribution is -0.137. The van der Waals surface area contributed by atoms with E-state index < -0.39 is 17.7 Å². The van der Waals surface area contributed by atoms with Crippen LogP contribution in [0.1, 0.15) is 22.7 Å². The minimum Gasteiger partial charge on any atom is -0.352 e. The summed E-state index contributed by atoms with van der Waals surface area (Å²) in [6.45, 7) is 0.438. The molecule has 0 aromatic heterocycles. The molecule has 2 unspecified atom stereocenters. The maximum Gasteiger partial charge on any atom is 0.416 e. The zero-order chi connectivity index (χ0) is 18.7. The van der Waals surface area contributed by atoms with Gasteiger partial charge in [0.25, 0.3) is 0 Å². The van der Waals surface area contributed by atoms with Crippen molar-refractivity contribution in [2.24, 2.45) is 5.92 Å². The number of halogens is 4. The monoisotopic (exact) mass is 383 g/mol. The molecule has 1 saturated heterocycles. The molecule has 1 aliphatic rings. The number of alkyl halides is 3. The van der Waals surface area contributed by atoms with Crippen LogP contribution in [0.3, 0.4) is 0 Å². The summed E-state index contributed by atoms with van der Waals surface area (Å²) >= 11 is 6.00. The normalized spacial score (nSPS) is 20.2. The first-order valence-corrected chi connectivity index (χ1v) is 8.40. The third-order valence-electron chi connectivity index (χ3n) is 4.25. The molecule has 3 rings (SSSR count). The maximum absolute atomic E-state index is 12.8. The quantitative estimate of drug-likeness (QED) is 0.758. The second-order valence-electron chi connectivity index (χ2n) is 6.08. The minimum atomic E-state index is -4.41. The smallest absolute Gasteiger partial charge is 0.352 e. The lowest BCUT2D eigenvalue weighted by atomic mass is 9.94. The molecule has 0 bridgehead atoms. The van der Waals surface area contributed by atoms with E-state index in [2.05, 4.69) is 16.2 Å². The second kappa shape index (κ2) is 7.65. The van der Waals surface area contributed by atoms with Crippen molar-refractivity contribution in [2.45, 2.75) is 18.8 Å². The van der Waals surface area contributed by atoms with Crippen LogP contribution in [-0.2, 0) is 17.5 Å². The molecule has 0 radical (unpaired) electrons. The maximum atomic E-state index is 12.8. The van der Waals surface area contributed by atoms with E-state index in [4.69, 9.17) is 11.6 Å². The van der Waals surface area contributed by atoms with Crippen LogP contribution < -0.4 is 16.2 Å². The fraction of sp³-hybridized carbons (Fsp3) is 0.278. The SMILES string of the molecule is O=C(NCc1cccc(C(F)(F)F)c1)C1CNNC1c1cccc(Cl)c1. The fourth-order valence-corrected chi connectivity index (χ4v) is 3.13. The van der Waals surface area contributed by atoms with Crippen LogP contribution in [0.15, 0.2) is 48.5 Å². The van der Waals surface area contributed by atoms with Gasteiger partial charge in [0.1, 0.15) is 0 Å². The molecule has 0 aliphatic carbocycles. The molecule has 2 aromatic carbocycles. The average molecular weight is 384 g/mol. The lowest BCUT2D eigenvalue weighted by Crippen LogP contribution is -2.34. The molecule has 1 aliphatic heterocycles. The van der Waals surface area contributed by atoms with E-state index in [1.807, 2.05) is 6.07 Å². The molecule has 1 heterocycles. The Morgan fingerprint density at radius 3 is 2.69 bits per heavy atom. The molecular formula is C18H17ClF3N3O. The molecule has 8 heteroatoms. The Kier molecular flexibility index (Phi) is 5.50. The zero-order valence-corrected chi connectivity index (χ0v) is 14.4. The Labute approximate surface area is 153 Å². The molecule has 3 N–H and O–H groups in total. The molecule has 0 saturated carbocycles. The van der Waals surface area contributed by atoms with Gasteiger partial charge in [0.05, 0.1) is 17.5 Å². The van der Waals surface area contributed by atoms with Crippen LogP contribution in [0.4, 0.5) is 13.2 Å².